The molecule has 2 heterocycles. The summed E-state index contributed by atoms with van der Waals surface area (Å²) >= 11 is 1.37. The van der Waals surface area contributed by atoms with Crippen LogP contribution in [-0.4, -0.2) is 21.8 Å². The lowest BCUT2D eigenvalue weighted by Crippen LogP contribution is -2.36. The second kappa shape index (κ2) is 9.00. The average molecular weight is 449 g/mol. The molecule has 0 bridgehead atoms. The molecule has 1 unspecified atom stereocenters. The number of aromatic nitrogens is 2. The van der Waals surface area contributed by atoms with Gasteiger partial charge in [0.05, 0.1) is 11.5 Å². The van der Waals surface area contributed by atoms with Crippen LogP contribution in [0.4, 0.5) is 11.5 Å². The fourth-order valence-corrected chi connectivity index (χ4v) is 4.45. The monoisotopic (exact) mass is 448 g/mol. The van der Waals surface area contributed by atoms with Crippen LogP contribution in [0, 0.1) is 20.8 Å². The molecule has 0 saturated heterocycles. The minimum absolute atomic E-state index is 0.107. The predicted molar refractivity (Wildman–Crippen MR) is 126 cm³/mol. The second-order valence-corrected chi connectivity index (χ2v) is 8.97. The summed E-state index contributed by atoms with van der Waals surface area (Å²) in [5.74, 6) is -0.889. The SMILES string of the molecule is Cc1cccc(CSc2nc3c(c(=O)[nH]2)C(C(=O)Nc2ccc(C)c(C)c2)CC(=O)N3)c1. The summed E-state index contributed by atoms with van der Waals surface area (Å²) in [6.45, 7) is 5.97. The standard InChI is InChI=1S/C24H24N4O3S/c1-13-5-4-6-16(9-13)12-32-24-27-21-20(23(31)28-24)18(11-19(29)26-21)22(30)25-17-8-7-14(2)15(3)10-17/h4-10,18H,11-12H2,1-3H3,(H,25,30)(H2,26,27,28,29,31). The molecule has 4 rings (SSSR count). The van der Waals surface area contributed by atoms with Gasteiger partial charge in [0.1, 0.15) is 5.82 Å². The van der Waals surface area contributed by atoms with Crippen molar-refractivity contribution in [3.63, 3.8) is 0 Å². The van der Waals surface area contributed by atoms with E-state index in [0.29, 0.717) is 16.6 Å². The molecule has 3 aromatic rings. The third-order valence-corrected chi connectivity index (χ3v) is 6.42. The highest BCUT2D eigenvalue weighted by molar-refractivity contribution is 7.98. The molecular weight excluding hydrogens is 424 g/mol. The Kier molecular flexibility index (Phi) is 6.14. The zero-order chi connectivity index (χ0) is 22.8. The summed E-state index contributed by atoms with van der Waals surface area (Å²) in [5.41, 5.74) is 4.80. The number of aromatic amines is 1. The van der Waals surface area contributed by atoms with Crippen molar-refractivity contribution in [2.45, 2.75) is 44.0 Å². The van der Waals surface area contributed by atoms with Gasteiger partial charge in [0.15, 0.2) is 5.16 Å². The van der Waals surface area contributed by atoms with Gasteiger partial charge in [0, 0.05) is 17.9 Å². The van der Waals surface area contributed by atoms with E-state index >= 15 is 0 Å². The van der Waals surface area contributed by atoms with Gasteiger partial charge in [-0.2, -0.15) is 0 Å². The Balaban J connectivity index is 1.57. The minimum Gasteiger partial charge on any atom is -0.326 e. The van der Waals surface area contributed by atoms with Crippen LogP contribution in [0.25, 0.3) is 0 Å². The molecule has 0 spiro atoms. The third kappa shape index (κ3) is 4.75. The fourth-order valence-electron chi connectivity index (χ4n) is 3.65. The van der Waals surface area contributed by atoms with E-state index in [2.05, 4.69) is 26.7 Å². The number of thioether (sulfide) groups is 1. The van der Waals surface area contributed by atoms with Crippen molar-refractivity contribution in [2.24, 2.45) is 0 Å². The van der Waals surface area contributed by atoms with Gasteiger partial charge in [-0.1, -0.05) is 47.7 Å². The Labute approximate surface area is 190 Å². The summed E-state index contributed by atoms with van der Waals surface area (Å²) in [6.07, 6.45) is -0.107. The Bertz CT molecular complexity index is 1270. The maximum absolute atomic E-state index is 13.0. The molecule has 0 aliphatic carbocycles. The molecule has 1 aliphatic heterocycles. The van der Waals surface area contributed by atoms with Crippen LogP contribution in [0.15, 0.2) is 52.4 Å². The van der Waals surface area contributed by atoms with E-state index < -0.39 is 17.4 Å². The first kappa shape index (κ1) is 21.8. The van der Waals surface area contributed by atoms with E-state index in [1.807, 2.05) is 51.1 Å². The van der Waals surface area contributed by atoms with Gasteiger partial charge >= 0.3 is 0 Å². The zero-order valence-corrected chi connectivity index (χ0v) is 18.9. The highest BCUT2D eigenvalue weighted by atomic mass is 32.2. The molecule has 7 nitrogen and oxygen atoms in total. The summed E-state index contributed by atoms with van der Waals surface area (Å²) < 4.78 is 0. The van der Waals surface area contributed by atoms with Gasteiger partial charge in [-0.25, -0.2) is 4.98 Å². The Morgan fingerprint density at radius 1 is 1.12 bits per heavy atom. The number of nitrogens with zero attached hydrogens (tertiary/aromatic N) is 1. The highest BCUT2D eigenvalue weighted by Gasteiger charge is 2.34. The summed E-state index contributed by atoms with van der Waals surface area (Å²) in [5, 5.41) is 5.87. The van der Waals surface area contributed by atoms with Crippen LogP contribution >= 0.6 is 11.8 Å². The van der Waals surface area contributed by atoms with Gasteiger partial charge in [-0.05, 0) is 49.6 Å². The molecule has 1 aliphatic rings. The maximum atomic E-state index is 13.0. The highest BCUT2D eigenvalue weighted by Crippen LogP contribution is 2.31. The van der Waals surface area contributed by atoms with Gasteiger partial charge in [-0.15, -0.1) is 0 Å². The first-order valence-electron chi connectivity index (χ1n) is 10.3. The number of amides is 2. The van der Waals surface area contributed by atoms with Gasteiger partial charge < -0.3 is 15.6 Å². The molecule has 0 radical (unpaired) electrons. The number of H-pyrrole nitrogens is 1. The second-order valence-electron chi connectivity index (χ2n) is 8.00. The Morgan fingerprint density at radius 2 is 1.94 bits per heavy atom. The number of aryl methyl sites for hydroxylation is 3. The number of fused-ring (bicyclic) bond motifs is 1. The number of rotatable bonds is 5. The van der Waals surface area contributed by atoms with E-state index in [-0.39, 0.29) is 23.7 Å². The van der Waals surface area contributed by atoms with E-state index in [4.69, 9.17) is 0 Å². The summed E-state index contributed by atoms with van der Waals surface area (Å²) in [7, 11) is 0. The molecule has 164 valence electrons. The van der Waals surface area contributed by atoms with Crippen LogP contribution in [0.5, 0.6) is 0 Å². The number of benzene rings is 2. The number of hydrogen-bond donors (Lipinski definition) is 3. The molecule has 0 fully saturated rings. The van der Waals surface area contributed by atoms with E-state index in [9.17, 15) is 14.4 Å². The average Bonchev–Trinajstić information content (AvgIpc) is 2.74. The molecule has 8 heteroatoms. The van der Waals surface area contributed by atoms with Gasteiger partial charge in [-0.3, -0.25) is 14.4 Å². The lowest BCUT2D eigenvalue weighted by atomic mass is 9.92. The van der Waals surface area contributed by atoms with Crippen molar-refractivity contribution in [1.29, 1.82) is 0 Å². The minimum atomic E-state index is -0.910. The van der Waals surface area contributed by atoms with Crippen molar-refractivity contribution in [3.8, 4) is 0 Å². The largest absolute Gasteiger partial charge is 0.326 e. The van der Waals surface area contributed by atoms with Crippen molar-refractivity contribution in [3.05, 3.63) is 80.6 Å². The van der Waals surface area contributed by atoms with Crippen LogP contribution in [0.3, 0.4) is 0 Å². The van der Waals surface area contributed by atoms with Crippen LogP contribution in [0.2, 0.25) is 0 Å². The first-order chi connectivity index (χ1) is 15.3. The molecule has 0 saturated carbocycles. The molecule has 32 heavy (non-hydrogen) atoms. The van der Waals surface area contributed by atoms with Crippen LogP contribution in [-0.2, 0) is 15.3 Å². The summed E-state index contributed by atoms with van der Waals surface area (Å²) in [6, 6.07) is 13.7. The lowest BCUT2D eigenvalue weighted by molar-refractivity contribution is -0.123. The number of hydrogen-bond acceptors (Lipinski definition) is 5. The smallest absolute Gasteiger partial charge is 0.257 e. The van der Waals surface area contributed by atoms with Crippen molar-refractivity contribution in [1.82, 2.24) is 9.97 Å². The molecule has 1 atom stereocenters. The quantitative estimate of drug-likeness (QED) is 0.403. The number of carbonyl (C=O) groups excluding carboxylic acids is 2. The van der Waals surface area contributed by atoms with Gasteiger partial charge in [0.2, 0.25) is 11.8 Å². The lowest BCUT2D eigenvalue weighted by Gasteiger charge is -2.23. The van der Waals surface area contributed by atoms with E-state index in [1.54, 1.807) is 6.07 Å². The molecule has 2 amide bonds. The first-order valence-corrected chi connectivity index (χ1v) is 11.3. The van der Waals surface area contributed by atoms with Crippen LogP contribution < -0.4 is 16.2 Å². The fraction of sp³-hybridized carbons (Fsp3) is 0.250. The number of nitrogens with one attached hydrogen (secondary N) is 3. The topological polar surface area (TPSA) is 104 Å². The maximum Gasteiger partial charge on any atom is 0.257 e. The zero-order valence-electron chi connectivity index (χ0n) is 18.1. The molecule has 1 aromatic heterocycles. The molecule has 2 aromatic carbocycles. The number of carbonyl (C=O) groups is 2. The predicted octanol–water partition coefficient (Wildman–Crippen LogP) is 4.05. The van der Waals surface area contributed by atoms with Crippen molar-refractivity contribution >= 4 is 35.1 Å². The van der Waals surface area contributed by atoms with Crippen molar-refractivity contribution < 1.29 is 9.59 Å². The Hall–Kier alpha value is -3.39. The number of anilines is 2. The summed E-state index contributed by atoms with van der Waals surface area (Å²) in [4.78, 5) is 45.3. The normalized spacial score (nSPS) is 15.1. The third-order valence-electron chi connectivity index (χ3n) is 5.48. The molecule has 3 N–H and O–H groups in total. The van der Waals surface area contributed by atoms with Crippen molar-refractivity contribution in [2.75, 3.05) is 10.6 Å². The van der Waals surface area contributed by atoms with Gasteiger partial charge in [0.25, 0.3) is 5.56 Å². The van der Waals surface area contributed by atoms with E-state index in [0.717, 1.165) is 22.3 Å². The molecular formula is C24H24N4O3S. The van der Waals surface area contributed by atoms with Crippen LogP contribution in [0.1, 0.15) is 40.2 Å². The Morgan fingerprint density at radius 3 is 2.69 bits per heavy atom. The van der Waals surface area contributed by atoms with E-state index in [1.165, 1.54) is 11.8 Å².